The van der Waals surface area contributed by atoms with Crippen LogP contribution in [0.25, 0.3) is 10.3 Å². The lowest BCUT2D eigenvalue weighted by Gasteiger charge is -2.31. The van der Waals surface area contributed by atoms with Crippen LogP contribution < -0.4 is 21.1 Å². The fraction of sp³-hybridized carbons (Fsp3) is 0.458. The molecule has 0 spiro atoms. The molecular weight excluding hydrogens is 452 g/mol. The van der Waals surface area contributed by atoms with Gasteiger partial charge in [0.15, 0.2) is 10.8 Å². The van der Waals surface area contributed by atoms with E-state index in [1.807, 2.05) is 24.3 Å². The monoisotopic (exact) mass is 480 g/mol. The summed E-state index contributed by atoms with van der Waals surface area (Å²) in [5.74, 6) is -0.247. The Hall–Kier alpha value is -3.27. The predicted octanol–water partition coefficient (Wildman–Crippen LogP) is 2.55. The van der Waals surface area contributed by atoms with Crippen LogP contribution in [0, 0.1) is 5.92 Å². The van der Waals surface area contributed by atoms with Crippen molar-refractivity contribution in [1.82, 2.24) is 19.9 Å². The van der Waals surface area contributed by atoms with Crippen molar-refractivity contribution in [2.75, 3.05) is 23.3 Å². The van der Waals surface area contributed by atoms with Gasteiger partial charge >= 0.3 is 0 Å². The maximum atomic E-state index is 13.0. The molecule has 34 heavy (non-hydrogen) atoms. The second-order valence-electron chi connectivity index (χ2n) is 8.99. The average molecular weight is 481 g/mol. The molecule has 1 aliphatic heterocycles. The Morgan fingerprint density at radius 3 is 2.71 bits per heavy atom. The maximum absolute atomic E-state index is 13.0. The van der Waals surface area contributed by atoms with Gasteiger partial charge in [-0.3, -0.25) is 19.0 Å². The Bertz CT molecular complexity index is 1260. The largest absolute Gasteiger partial charge is 0.353 e. The number of fused-ring (bicyclic) bond motifs is 1. The van der Waals surface area contributed by atoms with Gasteiger partial charge in [0.05, 0.1) is 5.92 Å². The number of aryl methyl sites for hydroxylation is 1. The minimum atomic E-state index is -0.294. The second kappa shape index (κ2) is 9.54. The van der Waals surface area contributed by atoms with Crippen LogP contribution in [0.15, 0.2) is 35.4 Å². The van der Waals surface area contributed by atoms with Crippen molar-refractivity contribution in [3.63, 3.8) is 0 Å². The van der Waals surface area contributed by atoms with Gasteiger partial charge in [-0.25, -0.2) is 4.98 Å². The highest BCUT2D eigenvalue weighted by molar-refractivity contribution is 7.22. The average Bonchev–Trinajstić information content (AvgIpc) is 3.55. The van der Waals surface area contributed by atoms with E-state index in [1.54, 1.807) is 0 Å². The minimum Gasteiger partial charge on any atom is -0.353 e. The van der Waals surface area contributed by atoms with E-state index in [0.29, 0.717) is 33.8 Å². The number of anilines is 2. The summed E-state index contributed by atoms with van der Waals surface area (Å²) < 4.78 is 1.73. The number of nitrogens with one attached hydrogen (secondary N) is 2. The SMILES string of the molecule is CCc1ccc(NC(=O)Cn2cnc3nc(N4CCCC(C(=O)NC5CC5)C4)sc3c2=O)cc1. The van der Waals surface area contributed by atoms with Crippen molar-refractivity contribution in [3.8, 4) is 0 Å². The van der Waals surface area contributed by atoms with Gasteiger partial charge in [-0.05, 0) is 49.8 Å². The standard InChI is InChI=1S/C24H28N6O3S/c1-2-15-5-7-17(8-6-15)26-19(31)13-30-14-25-21-20(23(30)33)34-24(28-21)29-11-3-4-16(12-29)22(32)27-18-9-10-18/h5-8,14,16,18H,2-4,9-13H2,1H3,(H,26,31)(H,27,32). The van der Waals surface area contributed by atoms with Gasteiger partial charge in [0, 0.05) is 24.8 Å². The van der Waals surface area contributed by atoms with Crippen molar-refractivity contribution in [3.05, 3.63) is 46.5 Å². The van der Waals surface area contributed by atoms with Crippen LogP contribution in [-0.2, 0) is 22.6 Å². The molecule has 10 heteroatoms. The molecule has 0 radical (unpaired) electrons. The lowest BCUT2D eigenvalue weighted by molar-refractivity contribution is -0.125. The van der Waals surface area contributed by atoms with Crippen molar-refractivity contribution in [2.45, 2.75) is 51.6 Å². The highest BCUT2D eigenvalue weighted by atomic mass is 32.1. The number of carbonyl (C=O) groups is 2. The van der Waals surface area contributed by atoms with E-state index in [9.17, 15) is 14.4 Å². The fourth-order valence-corrected chi connectivity index (χ4v) is 5.18. The molecule has 2 aromatic heterocycles. The van der Waals surface area contributed by atoms with Gasteiger partial charge in [-0.1, -0.05) is 30.4 Å². The minimum absolute atomic E-state index is 0.0685. The first-order valence-electron chi connectivity index (χ1n) is 11.8. The normalized spacial score (nSPS) is 18.1. The summed E-state index contributed by atoms with van der Waals surface area (Å²) in [7, 11) is 0. The third-order valence-corrected chi connectivity index (χ3v) is 7.41. The number of carbonyl (C=O) groups excluding carboxylic acids is 2. The molecule has 2 N–H and O–H groups in total. The van der Waals surface area contributed by atoms with Crippen LogP contribution in [0.3, 0.4) is 0 Å². The van der Waals surface area contributed by atoms with Crippen LogP contribution in [0.5, 0.6) is 0 Å². The van der Waals surface area contributed by atoms with Crippen LogP contribution in [-0.4, -0.2) is 45.5 Å². The zero-order valence-corrected chi connectivity index (χ0v) is 19.9. The van der Waals surface area contributed by atoms with Gasteiger partial charge in [0.25, 0.3) is 5.56 Å². The zero-order chi connectivity index (χ0) is 23.7. The summed E-state index contributed by atoms with van der Waals surface area (Å²) in [4.78, 5) is 49.0. The van der Waals surface area contributed by atoms with Crippen LogP contribution in [0.4, 0.5) is 10.8 Å². The quantitative estimate of drug-likeness (QED) is 0.538. The summed E-state index contributed by atoms with van der Waals surface area (Å²) in [6.07, 6.45) is 6.20. The van der Waals surface area contributed by atoms with Crippen molar-refractivity contribution in [2.24, 2.45) is 5.92 Å². The highest BCUT2D eigenvalue weighted by Crippen LogP contribution is 2.30. The lowest BCUT2D eigenvalue weighted by atomic mass is 9.97. The molecule has 9 nitrogen and oxygen atoms in total. The van der Waals surface area contributed by atoms with E-state index >= 15 is 0 Å². The Kier molecular flexibility index (Phi) is 6.32. The van der Waals surface area contributed by atoms with Gasteiger partial charge in [-0.2, -0.15) is 4.98 Å². The van der Waals surface area contributed by atoms with Gasteiger partial charge < -0.3 is 15.5 Å². The molecule has 2 amide bonds. The smallest absolute Gasteiger partial charge is 0.273 e. The number of thiazole rings is 1. The van der Waals surface area contributed by atoms with Crippen LogP contribution >= 0.6 is 11.3 Å². The Morgan fingerprint density at radius 2 is 1.97 bits per heavy atom. The Balaban J connectivity index is 1.28. The van der Waals surface area contributed by atoms with E-state index in [0.717, 1.165) is 38.6 Å². The Morgan fingerprint density at radius 1 is 1.18 bits per heavy atom. The van der Waals surface area contributed by atoms with Gasteiger partial charge in [0.1, 0.15) is 17.6 Å². The van der Waals surface area contributed by atoms with Crippen LogP contribution in [0.1, 0.15) is 38.2 Å². The first-order chi connectivity index (χ1) is 16.5. The molecule has 3 heterocycles. The van der Waals surface area contributed by atoms with E-state index in [-0.39, 0.29) is 29.8 Å². The molecule has 1 aromatic carbocycles. The van der Waals surface area contributed by atoms with E-state index in [4.69, 9.17) is 0 Å². The molecule has 1 atom stereocenters. The highest BCUT2D eigenvalue weighted by Gasteiger charge is 2.31. The number of rotatable bonds is 7. The molecule has 2 fully saturated rings. The lowest BCUT2D eigenvalue weighted by Crippen LogP contribution is -2.43. The zero-order valence-electron chi connectivity index (χ0n) is 19.1. The molecule has 5 rings (SSSR count). The molecule has 0 bridgehead atoms. The van der Waals surface area contributed by atoms with Gasteiger partial charge in [0.2, 0.25) is 11.8 Å². The summed E-state index contributed by atoms with van der Waals surface area (Å²) in [5.41, 5.74) is 1.97. The van der Waals surface area contributed by atoms with Gasteiger partial charge in [-0.15, -0.1) is 0 Å². The third kappa shape index (κ3) is 4.96. The molecular formula is C24H28N6O3S. The molecule has 2 aliphatic rings. The molecule has 1 saturated carbocycles. The summed E-state index contributed by atoms with van der Waals surface area (Å²) in [6, 6.07) is 7.99. The summed E-state index contributed by atoms with van der Waals surface area (Å²) in [5, 5.41) is 6.61. The van der Waals surface area contributed by atoms with Crippen molar-refractivity contribution >= 4 is 44.3 Å². The molecule has 1 saturated heterocycles. The number of nitrogens with zero attached hydrogens (tertiary/aromatic N) is 4. The predicted molar refractivity (Wildman–Crippen MR) is 132 cm³/mol. The van der Waals surface area contributed by atoms with Crippen LogP contribution in [0.2, 0.25) is 0 Å². The number of hydrogen-bond donors (Lipinski definition) is 2. The first-order valence-corrected chi connectivity index (χ1v) is 12.6. The second-order valence-corrected chi connectivity index (χ2v) is 9.97. The number of aromatic nitrogens is 3. The number of benzene rings is 1. The molecule has 178 valence electrons. The maximum Gasteiger partial charge on any atom is 0.273 e. The fourth-order valence-electron chi connectivity index (χ4n) is 4.17. The number of amides is 2. The molecule has 1 unspecified atom stereocenters. The summed E-state index contributed by atoms with van der Waals surface area (Å²) >= 11 is 1.28. The van der Waals surface area contributed by atoms with E-state index in [1.165, 1.54) is 27.8 Å². The van der Waals surface area contributed by atoms with Crippen molar-refractivity contribution in [1.29, 1.82) is 0 Å². The number of hydrogen-bond acceptors (Lipinski definition) is 7. The third-order valence-electron chi connectivity index (χ3n) is 6.32. The Labute approximate surface area is 201 Å². The first kappa shape index (κ1) is 22.5. The summed E-state index contributed by atoms with van der Waals surface area (Å²) in [6.45, 7) is 3.33. The number of piperidine rings is 1. The van der Waals surface area contributed by atoms with Crippen molar-refractivity contribution < 1.29 is 9.59 Å². The van der Waals surface area contributed by atoms with E-state index < -0.39 is 0 Å². The molecule has 1 aliphatic carbocycles. The topological polar surface area (TPSA) is 109 Å². The molecule has 3 aromatic rings. The van der Waals surface area contributed by atoms with E-state index in [2.05, 4.69) is 32.4 Å².